The second-order valence-electron chi connectivity index (χ2n) is 11.9. The molecule has 6 N–H and O–H groups in total. The van der Waals surface area contributed by atoms with Crippen LogP contribution in [0.3, 0.4) is 0 Å². The van der Waals surface area contributed by atoms with Crippen LogP contribution in [0.25, 0.3) is 78.6 Å². The molecule has 18 heteroatoms. The highest BCUT2D eigenvalue weighted by Gasteiger charge is 2.25. The number of H-pyrrole nitrogens is 2. The van der Waals surface area contributed by atoms with Gasteiger partial charge in [-0.3, -0.25) is 10.2 Å². The van der Waals surface area contributed by atoms with Crippen LogP contribution in [0.5, 0.6) is 0 Å². The topological polar surface area (TPSA) is 260 Å². The molecule has 0 bridgehead atoms. The number of rotatable bonds is 5. The van der Waals surface area contributed by atoms with E-state index in [0.717, 1.165) is 16.5 Å². The number of anilines is 2. The van der Waals surface area contributed by atoms with Crippen molar-refractivity contribution in [3.05, 3.63) is 81.0 Å². The number of aryl methyl sites for hydroxylation is 2. The van der Waals surface area contributed by atoms with Crippen molar-refractivity contribution in [2.45, 2.75) is 20.8 Å². The van der Waals surface area contributed by atoms with Crippen LogP contribution in [-0.4, -0.2) is 60.5 Å². The van der Waals surface area contributed by atoms with E-state index in [9.17, 15) is 10.5 Å². The first-order valence-electron chi connectivity index (χ1n) is 15.7. The monoisotopic (exact) mass is 736 g/mol. The second-order valence-corrected chi connectivity index (χ2v) is 12.8. The summed E-state index contributed by atoms with van der Waals surface area (Å²) in [7, 11) is 0. The highest BCUT2D eigenvalue weighted by molar-refractivity contribution is 6.36. The third kappa shape index (κ3) is 5.46. The number of nitrogens with zero attached hydrogens (tertiary/aromatic N) is 12. The van der Waals surface area contributed by atoms with E-state index in [1.165, 1.54) is 0 Å². The number of benzene rings is 2. The van der Waals surface area contributed by atoms with E-state index in [1.807, 2.05) is 45.0 Å². The Morgan fingerprint density at radius 2 is 1.34 bits per heavy atom. The molecule has 53 heavy (non-hydrogen) atoms. The van der Waals surface area contributed by atoms with Crippen LogP contribution in [-0.2, 0) is 0 Å². The SMILES string of the molecule is Cc1ccnnc1-c1nc(N)c(C#N)nc1-c1cc(Cl)c2[nH]nc(-c3nc(-c4nc(N)c(C#N)nc4-c4cc(Cl)c5[nH]ncc5c4)nc(C)c3C)c2c1. The van der Waals surface area contributed by atoms with Crippen LogP contribution in [0.4, 0.5) is 11.6 Å². The van der Waals surface area contributed by atoms with E-state index in [0.29, 0.717) is 71.8 Å². The number of aromatic amines is 2. The standard InChI is InChI=1S/C35H22Cl2N16/c1-13-4-5-42-50-24(13)31-27(45-22(10-38)33(40)47-31)17-7-19-29(21(37)9-17)52-53-30(19)25-14(2)15(3)44-35(49-25)32-28(46-23(11-39)34(41)48-32)16-6-18-12-43-51-26(18)20(36)8-16/h4-9,12H,1-3H3,(H2,40,47)(H2,41,48)(H,43,51)(H,52,53). The number of fused-ring (bicyclic) bond motifs is 2. The molecule has 0 saturated carbocycles. The van der Waals surface area contributed by atoms with Gasteiger partial charge in [0.1, 0.15) is 46.3 Å². The molecule has 256 valence electrons. The van der Waals surface area contributed by atoms with Crippen molar-refractivity contribution in [3.8, 4) is 68.9 Å². The zero-order valence-corrected chi connectivity index (χ0v) is 29.3. The van der Waals surface area contributed by atoms with Crippen molar-refractivity contribution in [2.75, 3.05) is 11.5 Å². The number of hydrogen-bond donors (Lipinski definition) is 4. The van der Waals surface area contributed by atoms with Crippen LogP contribution in [0.15, 0.2) is 42.7 Å². The summed E-state index contributed by atoms with van der Waals surface area (Å²) in [4.78, 5) is 28.0. The molecule has 8 aromatic rings. The average Bonchev–Trinajstić information content (AvgIpc) is 3.81. The lowest BCUT2D eigenvalue weighted by Gasteiger charge is -2.14. The van der Waals surface area contributed by atoms with E-state index >= 15 is 0 Å². The van der Waals surface area contributed by atoms with Gasteiger partial charge in [0.25, 0.3) is 0 Å². The molecule has 0 aliphatic carbocycles. The summed E-state index contributed by atoms with van der Waals surface area (Å²) in [6, 6.07) is 12.8. The summed E-state index contributed by atoms with van der Waals surface area (Å²) < 4.78 is 0. The van der Waals surface area contributed by atoms with Crippen LogP contribution in [0.1, 0.15) is 28.2 Å². The molecule has 0 aliphatic heterocycles. The summed E-state index contributed by atoms with van der Waals surface area (Å²) in [6.07, 6.45) is 3.19. The first kappa shape index (κ1) is 33.0. The van der Waals surface area contributed by atoms with Crippen molar-refractivity contribution < 1.29 is 0 Å². The molecule has 16 nitrogen and oxygen atoms in total. The molecule has 6 heterocycles. The minimum atomic E-state index is -0.0951. The molecule has 0 saturated heterocycles. The number of aromatic nitrogens is 12. The molecular formula is C35H22Cl2N16. The van der Waals surface area contributed by atoms with Crippen LogP contribution in [0.2, 0.25) is 10.0 Å². The van der Waals surface area contributed by atoms with E-state index in [1.54, 1.807) is 30.6 Å². The fourth-order valence-electron chi connectivity index (χ4n) is 5.93. The zero-order chi connectivity index (χ0) is 37.1. The van der Waals surface area contributed by atoms with Gasteiger partial charge in [-0.15, -0.1) is 5.10 Å². The Bertz CT molecular complexity index is 2920. The predicted octanol–water partition coefficient (Wildman–Crippen LogP) is 6.07. The quantitative estimate of drug-likeness (QED) is 0.156. The Balaban J connectivity index is 1.35. The number of nitrogens with two attached hydrogens (primary N) is 2. The molecule has 0 unspecified atom stereocenters. The number of halogens is 2. The summed E-state index contributed by atoms with van der Waals surface area (Å²) in [6.45, 7) is 5.55. The molecule has 6 aromatic heterocycles. The summed E-state index contributed by atoms with van der Waals surface area (Å²) in [5.74, 6) is 0.0271. The van der Waals surface area contributed by atoms with Gasteiger partial charge >= 0.3 is 0 Å². The Labute approximate surface area is 308 Å². The lowest BCUT2D eigenvalue weighted by atomic mass is 10.0. The van der Waals surface area contributed by atoms with Crippen molar-refractivity contribution in [1.29, 1.82) is 10.5 Å². The highest BCUT2D eigenvalue weighted by Crippen LogP contribution is 2.40. The van der Waals surface area contributed by atoms with Gasteiger partial charge in [-0.1, -0.05) is 23.2 Å². The summed E-state index contributed by atoms with van der Waals surface area (Å²) in [5, 5.41) is 44.5. The Morgan fingerprint density at radius 3 is 2.04 bits per heavy atom. The Hall–Kier alpha value is -7.14. The number of nitriles is 2. The number of nitrogen functional groups attached to an aromatic ring is 2. The minimum Gasteiger partial charge on any atom is -0.381 e. The first-order chi connectivity index (χ1) is 25.6. The van der Waals surface area contributed by atoms with E-state index < -0.39 is 0 Å². The maximum Gasteiger partial charge on any atom is 0.183 e. The Morgan fingerprint density at radius 1 is 0.679 bits per heavy atom. The first-order valence-corrected chi connectivity index (χ1v) is 16.4. The van der Waals surface area contributed by atoms with Gasteiger partial charge in [0.2, 0.25) is 0 Å². The lowest BCUT2D eigenvalue weighted by molar-refractivity contribution is 1.01. The molecule has 2 aromatic carbocycles. The number of hydrogen-bond acceptors (Lipinski definition) is 14. The van der Waals surface area contributed by atoms with E-state index in [4.69, 9.17) is 44.6 Å². The maximum absolute atomic E-state index is 9.80. The van der Waals surface area contributed by atoms with E-state index in [-0.39, 0.29) is 40.2 Å². The molecule has 0 spiro atoms. The normalized spacial score (nSPS) is 11.2. The van der Waals surface area contributed by atoms with Crippen molar-refractivity contribution in [3.63, 3.8) is 0 Å². The van der Waals surface area contributed by atoms with Crippen molar-refractivity contribution in [1.82, 2.24) is 60.5 Å². The third-order valence-electron chi connectivity index (χ3n) is 8.70. The fourth-order valence-corrected chi connectivity index (χ4v) is 6.46. The number of nitrogens with one attached hydrogen (secondary N) is 2. The molecule has 0 aliphatic rings. The van der Waals surface area contributed by atoms with Crippen LogP contribution in [0, 0.1) is 43.4 Å². The maximum atomic E-state index is 9.80. The molecule has 0 atom stereocenters. The zero-order valence-electron chi connectivity index (χ0n) is 27.8. The van der Waals surface area contributed by atoms with Gasteiger partial charge in [0.15, 0.2) is 28.8 Å². The summed E-state index contributed by atoms with van der Waals surface area (Å²) in [5.41, 5.74) is 19.0. The Kier molecular flexibility index (Phi) is 7.83. The smallest absolute Gasteiger partial charge is 0.183 e. The van der Waals surface area contributed by atoms with E-state index in [2.05, 4.69) is 50.5 Å². The van der Waals surface area contributed by atoms with Crippen molar-refractivity contribution in [2.24, 2.45) is 0 Å². The van der Waals surface area contributed by atoms with Gasteiger partial charge in [0.05, 0.1) is 33.0 Å². The van der Waals surface area contributed by atoms with Crippen LogP contribution >= 0.6 is 23.2 Å². The van der Waals surface area contributed by atoms with Gasteiger partial charge in [-0.25, -0.2) is 29.9 Å². The summed E-state index contributed by atoms with van der Waals surface area (Å²) >= 11 is 13.5. The van der Waals surface area contributed by atoms with Crippen molar-refractivity contribution >= 4 is 56.6 Å². The van der Waals surface area contributed by atoms with Gasteiger partial charge in [0, 0.05) is 33.8 Å². The fraction of sp³-hybridized carbons (Fsp3) is 0.0857. The molecule has 0 fully saturated rings. The highest BCUT2D eigenvalue weighted by atomic mass is 35.5. The third-order valence-corrected chi connectivity index (χ3v) is 9.30. The molecule has 0 amide bonds. The largest absolute Gasteiger partial charge is 0.381 e. The molecule has 0 radical (unpaired) electrons. The molecule has 8 rings (SSSR count). The average molecular weight is 738 g/mol. The lowest BCUT2D eigenvalue weighted by Crippen LogP contribution is -2.07. The van der Waals surface area contributed by atoms with Gasteiger partial charge < -0.3 is 11.5 Å². The predicted molar refractivity (Wildman–Crippen MR) is 198 cm³/mol. The van der Waals surface area contributed by atoms with Gasteiger partial charge in [-0.2, -0.15) is 25.8 Å². The van der Waals surface area contributed by atoms with Gasteiger partial charge in [-0.05, 0) is 62.2 Å². The minimum absolute atomic E-state index is 0.0510. The molecular weight excluding hydrogens is 715 g/mol. The second kappa shape index (κ2) is 12.6. The van der Waals surface area contributed by atoms with Crippen LogP contribution < -0.4 is 11.5 Å².